The van der Waals surface area contributed by atoms with Crippen LogP contribution in [-0.4, -0.2) is 36.2 Å². The largest absolute Gasteiger partial charge is 0.397 e. The van der Waals surface area contributed by atoms with Crippen molar-refractivity contribution in [2.24, 2.45) is 16.7 Å². The standard InChI is InChI=1S/C24H25F3N4O/c1-15-4-7-17(8-5-15)30-21(32)22-12-23(22,24(25,26)27)14-31(13-22)19-9-6-16(11-28)20-18(19)3-2-10-29-20/h2-3,6,9-10,15,17H,4-5,7-8,12-14H2,1H3,(H,30,32)/t15-,17-,22?,23?. The van der Waals surface area contributed by atoms with Gasteiger partial charge in [-0.1, -0.05) is 6.92 Å². The van der Waals surface area contributed by atoms with Crippen LogP contribution < -0.4 is 10.2 Å². The Morgan fingerprint density at radius 2 is 1.97 bits per heavy atom. The van der Waals surface area contributed by atoms with Gasteiger partial charge in [-0.3, -0.25) is 9.78 Å². The normalized spacial score (nSPS) is 31.8. The summed E-state index contributed by atoms with van der Waals surface area (Å²) in [5.74, 6) is 0.129. The first kappa shape index (κ1) is 21.0. The number of anilines is 1. The lowest BCUT2D eigenvalue weighted by molar-refractivity contribution is -0.191. The summed E-state index contributed by atoms with van der Waals surface area (Å²) in [6.45, 7) is 1.91. The van der Waals surface area contributed by atoms with Gasteiger partial charge in [0.2, 0.25) is 5.91 Å². The van der Waals surface area contributed by atoms with Crippen molar-refractivity contribution in [2.45, 2.75) is 51.2 Å². The molecular formula is C24H25F3N4O. The Kier molecular flexibility index (Phi) is 4.66. The molecule has 0 spiro atoms. The van der Waals surface area contributed by atoms with Crippen LogP contribution in [0.5, 0.6) is 0 Å². The number of amides is 1. The van der Waals surface area contributed by atoms with Crippen molar-refractivity contribution < 1.29 is 18.0 Å². The minimum absolute atomic E-state index is 0.0113. The van der Waals surface area contributed by atoms with Crippen LogP contribution in [0.1, 0.15) is 44.6 Å². The third-order valence-corrected chi connectivity index (χ3v) is 7.85. The van der Waals surface area contributed by atoms with Crippen LogP contribution in [0.3, 0.4) is 0 Å². The van der Waals surface area contributed by atoms with Gasteiger partial charge in [-0.2, -0.15) is 18.4 Å². The number of nitriles is 1. The van der Waals surface area contributed by atoms with Crippen molar-refractivity contribution >= 4 is 22.5 Å². The van der Waals surface area contributed by atoms with E-state index >= 15 is 0 Å². The number of hydrogen-bond acceptors (Lipinski definition) is 4. The molecule has 1 aromatic heterocycles. The second kappa shape index (κ2) is 7.09. The molecule has 3 fully saturated rings. The number of piperidine rings is 1. The second-order valence-corrected chi connectivity index (χ2v) is 9.77. The van der Waals surface area contributed by atoms with Crippen LogP contribution in [0.4, 0.5) is 18.9 Å². The van der Waals surface area contributed by atoms with Crippen molar-refractivity contribution in [2.75, 3.05) is 18.0 Å². The first-order valence-electron chi connectivity index (χ1n) is 11.1. The number of carbonyl (C=O) groups is 1. The maximum absolute atomic E-state index is 14.3. The van der Waals surface area contributed by atoms with Gasteiger partial charge in [-0.05, 0) is 62.3 Å². The van der Waals surface area contributed by atoms with Gasteiger partial charge >= 0.3 is 6.18 Å². The highest BCUT2D eigenvalue weighted by Crippen LogP contribution is 2.75. The Bertz CT molecular complexity index is 1120. The topological polar surface area (TPSA) is 69.0 Å². The first-order valence-corrected chi connectivity index (χ1v) is 11.1. The van der Waals surface area contributed by atoms with E-state index in [1.807, 2.05) is 0 Å². The van der Waals surface area contributed by atoms with E-state index in [0.29, 0.717) is 28.1 Å². The Labute approximate surface area is 184 Å². The molecule has 2 unspecified atom stereocenters. The summed E-state index contributed by atoms with van der Waals surface area (Å²) in [5.41, 5.74) is -2.07. The molecule has 2 aliphatic carbocycles. The van der Waals surface area contributed by atoms with E-state index in [9.17, 15) is 23.2 Å². The van der Waals surface area contributed by atoms with Crippen molar-refractivity contribution in [3.05, 3.63) is 36.0 Å². The number of fused-ring (bicyclic) bond motifs is 2. The summed E-state index contributed by atoms with van der Waals surface area (Å²) in [5, 5.41) is 13.0. The Hall–Kier alpha value is -2.82. The quantitative estimate of drug-likeness (QED) is 0.757. The fourth-order valence-electron chi connectivity index (χ4n) is 5.85. The average molecular weight is 442 g/mol. The number of nitrogens with zero attached hydrogens (tertiary/aromatic N) is 3. The van der Waals surface area contributed by atoms with Gasteiger partial charge in [0.25, 0.3) is 0 Å². The zero-order valence-electron chi connectivity index (χ0n) is 17.9. The SMILES string of the molecule is C[C@H]1CC[C@H](NC(=O)C23CN(c4ccc(C#N)c5ncccc45)CC2(C(F)(F)F)C3)CC1. The number of aromatic nitrogens is 1. The molecule has 0 bridgehead atoms. The lowest BCUT2D eigenvalue weighted by Gasteiger charge is -2.29. The van der Waals surface area contributed by atoms with Crippen LogP contribution in [0.2, 0.25) is 0 Å². The van der Waals surface area contributed by atoms with Crippen LogP contribution in [-0.2, 0) is 4.79 Å². The zero-order chi connectivity index (χ0) is 22.7. The number of pyridine rings is 1. The molecule has 2 aromatic rings. The highest BCUT2D eigenvalue weighted by molar-refractivity contribution is 5.97. The third-order valence-electron chi connectivity index (χ3n) is 7.85. The van der Waals surface area contributed by atoms with Crippen LogP contribution in [0.15, 0.2) is 30.5 Å². The van der Waals surface area contributed by atoms with E-state index in [4.69, 9.17) is 0 Å². The van der Waals surface area contributed by atoms with E-state index in [1.165, 1.54) is 0 Å². The molecule has 3 aliphatic rings. The van der Waals surface area contributed by atoms with Crippen LogP contribution >= 0.6 is 0 Å². The van der Waals surface area contributed by atoms with Crippen molar-refractivity contribution in [3.63, 3.8) is 0 Å². The van der Waals surface area contributed by atoms with Gasteiger partial charge in [0.05, 0.1) is 16.5 Å². The molecule has 1 saturated heterocycles. The lowest BCUT2D eigenvalue weighted by Crippen LogP contribution is -2.45. The molecule has 8 heteroatoms. The third kappa shape index (κ3) is 2.97. The molecule has 2 saturated carbocycles. The van der Waals surface area contributed by atoms with Gasteiger partial charge in [0, 0.05) is 36.4 Å². The predicted molar refractivity (Wildman–Crippen MR) is 114 cm³/mol. The first-order chi connectivity index (χ1) is 15.2. The minimum atomic E-state index is -4.47. The Morgan fingerprint density at radius 3 is 2.66 bits per heavy atom. The smallest absolute Gasteiger partial charge is 0.369 e. The number of carbonyl (C=O) groups excluding carboxylic acids is 1. The summed E-state index contributed by atoms with van der Waals surface area (Å²) < 4.78 is 42.8. The van der Waals surface area contributed by atoms with E-state index in [2.05, 4.69) is 23.3 Å². The number of hydrogen-bond donors (Lipinski definition) is 1. The predicted octanol–water partition coefficient (Wildman–Crippen LogP) is 4.56. The lowest BCUT2D eigenvalue weighted by atomic mass is 9.86. The number of halogens is 3. The maximum Gasteiger partial charge on any atom is 0.397 e. The molecule has 1 N–H and O–H groups in total. The second-order valence-electron chi connectivity index (χ2n) is 9.77. The fraction of sp³-hybridized carbons (Fsp3) is 0.542. The molecule has 1 amide bonds. The monoisotopic (exact) mass is 442 g/mol. The summed E-state index contributed by atoms with van der Waals surface area (Å²) in [6, 6.07) is 8.77. The molecule has 5 nitrogen and oxygen atoms in total. The fourth-order valence-corrected chi connectivity index (χ4v) is 5.85. The van der Waals surface area contributed by atoms with E-state index in [0.717, 1.165) is 25.7 Å². The van der Waals surface area contributed by atoms with E-state index < -0.39 is 22.9 Å². The van der Waals surface area contributed by atoms with Gasteiger partial charge in [0.1, 0.15) is 11.5 Å². The van der Waals surface area contributed by atoms with Crippen molar-refractivity contribution in [3.8, 4) is 6.07 Å². The number of rotatable bonds is 3. The van der Waals surface area contributed by atoms with Crippen molar-refractivity contribution in [1.82, 2.24) is 10.3 Å². The van der Waals surface area contributed by atoms with Crippen molar-refractivity contribution in [1.29, 1.82) is 5.26 Å². The zero-order valence-corrected chi connectivity index (χ0v) is 17.9. The Morgan fingerprint density at radius 1 is 1.22 bits per heavy atom. The molecule has 2 atom stereocenters. The molecule has 2 heterocycles. The number of nitrogens with one attached hydrogen (secondary N) is 1. The number of benzene rings is 1. The highest BCUT2D eigenvalue weighted by atomic mass is 19.4. The number of alkyl halides is 3. The van der Waals surface area contributed by atoms with Gasteiger partial charge < -0.3 is 10.2 Å². The minimum Gasteiger partial charge on any atom is -0.369 e. The summed E-state index contributed by atoms with van der Waals surface area (Å²) in [7, 11) is 0. The molecule has 0 radical (unpaired) electrons. The highest BCUT2D eigenvalue weighted by Gasteiger charge is 2.86. The molecule has 168 valence electrons. The molecule has 5 rings (SSSR count). The van der Waals surface area contributed by atoms with E-state index in [1.54, 1.807) is 35.4 Å². The van der Waals surface area contributed by atoms with Gasteiger partial charge in [-0.25, -0.2) is 0 Å². The molecule has 1 aromatic carbocycles. The summed E-state index contributed by atoms with van der Waals surface area (Å²) in [4.78, 5) is 19.2. The summed E-state index contributed by atoms with van der Waals surface area (Å²) in [6.07, 6.45) is 0.528. The molecular weight excluding hydrogens is 417 g/mol. The van der Waals surface area contributed by atoms with Gasteiger partial charge in [-0.15, -0.1) is 0 Å². The molecule has 32 heavy (non-hydrogen) atoms. The molecule has 1 aliphatic heterocycles. The average Bonchev–Trinajstić information content (AvgIpc) is 3.32. The van der Waals surface area contributed by atoms with Crippen LogP contribution in [0.25, 0.3) is 10.9 Å². The summed E-state index contributed by atoms with van der Waals surface area (Å²) >= 11 is 0. The van der Waals surface area contributed by atoms with Gasteiger partial charge in [0.15, 0.2) is 0 Å². The maximum atomic E-state index is 14.3. The Balaban J connectivity index is 1.47. The van der Waals surface area contributed by atoms with E-state index in [-0.39, 0.29) is 25.6 Å². The van der Waals surface area contributed by atoms with Crippen LogP contribution in [0, 0.1) is 28.1 Å².